The van der Waals surface area contributed by atoms with E-state index in [0.717, 1.165) is 0 Å². The zero-order valence-electron chi connectivity index (χ0n) is 12.3. The summed E-state index contributed by atoms with van der Waals surface area (Å²) in [6.07, 6.45) is 0.421. The van der Waals surface area contributed by atoms with Crippen molar-refractivity contribution in [2.24, 2.45) is 11.3 Å². The van der Waals surface area contributed by atoms with Gasteiger partial charge in [-0.15, -0.1) is 0 Å². The summed E-state index contributed by atoms with van der Waals surface area (Å²) >= 11 is 0. The molecule has 0 aliphatic carbocycles. The zero-order chi connectivity index (χ0) is 15.7. The predicted octanol–water partition coefficient (Wildman–Crippen LogP) is 0.384. The number of carbonyl (C=O) groups excluding carboxylic acids is 1. The number of carbonyl (C=O) groups is 2. The van der Waals surface area contributed by atoms with E-state index in [9.17, 15) is 14.7 Å². The third-order valence-corrected chi connectivity index (χ3v) is 4.48. The summed E-state index contributed by atoms with van der Waals surface area (Å²) in [6, 6.07) is 1.53. The molecule has 2 aliphatic rings. The molecule has 1 N–H and O–H groups in total. The van der Waals surface area contributed by atoms with Gasteiger partial charge in [0.05, 0.1) is 12.0 Å². The lowest BCUT2D eigenvalue weighted by atomic mass is 9.74. The van der Waals surface area contributed by atoms with Crippen LogP contribution in [0.15, 0.2) is 10.6 Å². The average Bonchev–Trinajstić information content (AvgIpc) is 3.11. The van der Waals surface area contributed by atoms with Gasteiger partial charge in [0.25, 0.3) is 5.91 Å². The van der Waals surface area contributed by atoms with Gasteiger partial charge in [0, 0.05) is 38.8 Å². The number of nitrogens with zero attached hydrogens (tertiary/aromatic N) is 2. The van der Waals surface area contributed by atoms with Crippen LogP contribution in [0.1, 0.15) is 22.7 Å². The van der Waals surface area contributed by atoms with Crippen LogP contribution in [-0.2, 0) is 20.9 Å². The highest BCUT2D eigenvalue weighted by atomic mass is 16.5. The van der Waals surface area contributed by atoms with Gasteiger partial charge >= 0.3 is 5.97 Å². The van der Waals surface area contributed by atoms with E-state index in [-0.39, 0.29) is 30.7 Å². The monoisotopic (exact) mass is 310 g/mol. The van der Waals surface area contributed by atoms with Crippen LogP contribution < -0.4 is 0 Å². The molecule has 0 spiro atoms. The van der Waals surface area contributed by atoms with Crippen molar-refractivity contribution >= 4 is 11.9 Å². The molecule has 1 aromatic rings. The van der Waals surface area contributed by atoms with Gasteiger partial charge in [-0.2, -0.15) is 0 Å². The summed E-state index contributed by atoms with van der Waals surface area (Å²) in [4.78, 5) is 25.7. The molecule has 0 radical (unpaired) electrons. The molecule has 3 rings (SSSR count). The minimum atomic E-state index is -0.910. The topological polar surface area (TPSA) is 102 Å². The normalized spacial score (nSPS) is 27.7. The maximum Gasteiger partial charge on any atom is 0.311 e. The Labute approximate surface area is 127 Å². The second-order valence-corrected chi connectivity index (χ2v) is 5.78. The largest absolute Gasteiger partial charge is 0.481 e. The summed E-state index contributed by atoms with van der Waals surface area (Å²) in [5, 5.41) is 13.3. The molecule has 8 heteroatoms. The Morgan fingerprint density at radius 1 is 1.59 bits per heavy atom. The van der Waals surface area contributed by atoms with Crippen LogP contribution in [0.2, 0.25) is 0 Å². The summed E-state index contributed by atoms with van der Waals surface area (Å²) in [5.74, 6) is -0.913. The van der Waals surface area contributed by atoms with Crippen molar-refractivity contribution in [3.8, 4) is 0 Å². The van der Waals surface area contributed by atoms with Crippen molar-refractivity contribution in [3.63, 3.8) is 0 Å². The number of amides is 1. The Bertz CT molecular complexity index is 586. The van der Waals surface area contributed by atoms with Crippen molar-refractivity contribution in [2.75, 3.05) is 33.4 Å². The number of aliphatic carboxylic acids is 1. The maximum atomic E-state index is 12.5. The standard InChI is InChI=1S/C14H18N2O6/c1-20-7-10-4-11(15-22-10)12(17)16-5-9-6-21-3-2-14(9,8-16)13(18)19/h4,9H,2-3,5-8H2,1H3,(H,18,19)/t9-,14+/m0/s1. The molecule has 0 saturated carbocycles. The lowest BCUT2D eigenvalue weighted by Gasteiger charge is -2.33. The van der Waals surface area contributed by atoms with Crippen LogP contribution in [0.5, 0.6) is 0 Å². The lowest BCUT2D eigenvalue weighted by molar-refractivity contribution is -0.157. The highest BCUT2D eigenvalue weighted by molar-refractivity contribution is 5.93. The van der Waals surface area contributed by atoms with Gasteiger partial charge < -0.3 is 24.0 Å². The Morgan fingerprint density at radius 3 is 3.09 bits per heavy atom. The molecule has 2 atom stereocenters. The highest BCUT2D eigenvalue weighted by Crippen LogP contribution is 2.42. The van der Waals surface area contributed by atoms with E-state index in [0.29, 0.717) is 31.9 Å². The number of hydrogen-bond donors (Lipinski definition) is 1. The van der Waals surface area contributed by atoms with Gasteiger partial charge in [0.2, 0.25) is 0 Å². The fraction of sp³-hybridized carbons (Fsp3) is 0.643. The number of rotatable bonds is 4. The first-order chi connectivity index (χ1) is 10.6. The second-order valence-electron chi connectivity index (χ2n) is 5.78. The Hall–Kier alpha value is -1.93. The van der Waals surface area contributed by atoms with Crippen LogP contribution in [-0.4, -0.2) is 60.5 Å². The van der Waals surface area contributed by atoms with E-state index in [1.165, 1.54) is 18.1 Å². The molecule has 8 nitrogen and oxygen atoms in total. The minimum Gasteiger partial charge on any atom is -0.481 e. The molecule has 0 bridgehead atoms. The summed E-state index contributed by atoms with van der Waals surface area (Å²) in [7, 11) is 1.52. The molecule has 22 heavy (non-hydrogen) atoms. The van der Waals surface area contributed by atoms with E-state index in [4.69, 9.17) is 14.0 Å². The average molecular weight is 310 g/mol. The van der Waals surface area contributed by atoms with Gasteiger partial charge in [-0.25, -0.2) is 0 Å². The van der Waals surface area contributed by atoms with Crippen molar-refractivity contribution < 1.29 is 28.7 Å². The number of likely N-dealkylation sites (tertiary alicyclic amines) is 1. The third kappa shape index (κ3) is 2.38. The molecular formula is C14H18N2O6. The Morgan fingerprint density at radius 2 is 2.41 bits per heavy atom. The number of methoxy groups -OCH3 is 1. The van der Waals surface area contributed by atoms with Gasteiger partial charge in [-0.3, -0.25) is 9.59 Å². The van der Waals surface area contributed by atoms with Crippen molar-refractivity contribution in [3.05, 3.63) is 17.5 Å². The van der Waals surface area contributed by atoms with E-state index >= 15 is 0 Å². The maximum absolute atomic E-state index is 12.5. The zero-order valence-corrected chi connectivity index (χ0v) is 12.3. The fourth-order valence-electron chi connectivity index (χ4n) is 3.24. The van der Waals surface area contributed by atoms with Crippen LogP contribution in [0.4, 0.5) is 0 Å². The number of hydrogen-bond acceptors (Lipinski definition) is 6. The van der Waals surface area contributed by atoms with Crippen molar-refractivity contribution in [1.29, 1.82) is 0 Å². The highest BCUT2D eigenvalue weighted by Gasteiger charge is 2.55. The van der Waals surface area contributed by atoms with Crippen LogP contribution in [0.25, 0.3) is 0 Å². The molecular weight excluding hydrogens is 292 g/mol. The van der Waals surface area contributed by atoms with E-state index in [1.54, 1.807) is 0 Å². The molecule has 2 fully saturated rings. The smallest absolute Gasteiger partial charge is 0.311 e. The van der Waals surface area contributed by atoms with E-state index < -0.39 is 11.4 Å². The number of ether oxygens (including phenoxy) is 2. The van der Waals surface area contributed by atoms with Crippen molar-refractivity contribution in [2.45, 2.75) is 13.0 Å². The SMILES string of the molecule is COCc1cc(C(=O)N2C[C@H]3COCC[C@@]3(C(=O)O)C2)no1. The molecule has 3 heterocycles. The summed E-state index contributed by atoms with van der Waals surface area (Å²) in [5.41, 5.74) is -0.736. The molecule has 1 amide bonds. The summed E-state index contributed by atoms with van der Waals surface area (Å²) < 4.78 is 15.3. The molecule has 0 aromatic carbocycles. The van der Waals surface area contributed by atoms with Crippen LogP contribution in [0, 0.1) is 11.3 Å². The summed E-state index contributed by atoms with van der Waals surface area (Å²) in [6.45, 7) is 1.55. The number of carboxylic acid groups (broad SMARTS) is 1. The first-order valence-electron chi connectivity index (χ1n) is 7.12. The number of carboxylic acids is 1. The quantitative estimate of drug-likeness (QED) is 0.858. The first-order valence-corrected chi connectivity index (χ1v) is 7.12. The van der Waals surface area contributed by atoms with E-state index in [2.05, 4.69) is 5.16 Å². The van der Waals surface area contributed by atoms with Gasteiger partial charge in [0.1, 0.15) is 6.61 Å². The molecule has 0 unspecified atom stereocenters. The van der Waals surface area contributed by atoms with Crippen molar-refractivity contribution in [1.82, 2.24) is 10.1 Å². The molecule has 2 aliphatic heterocycles. The Balaban J connectivity index is 1.78. The first kappa shape index (κ1) is 15.0. The second kappa shape index (κ2) is 5.69. The molecule has 2 saturated heterocycles. The third-order valence-electron chi connectivity index (χ3n) is 4.48. The van der Waals surface area contributed by atoms with Crippen LogP contribution in [0.3, 0.4) is 0 Å². The van der Waals surface area contributed by atoms with Gasteiger partial charge in [-0.05, 0) is 6.42 Å². The predicted molar refractivity (Wildman–Crippen MR) is 72.1 cm³/mol. The lowest BCUT2D eigenvalue weighted by Crippen LogP contribution is -2.45. The van der Waals surface area contributed by atoms with Crippen LogP contribution >= 0.6 is 0 Å². The minimum absolute atomic E-state index is 0.173. The Kier molecular flexibility index (Phi) is 3.88. The van der Waals surface area contributed by atoms with Gasteiger partial charge in [0.15, 0.2) is 11.5 Å². The van der Waals surface area contributed by atoms with Gasteiger partial charge in [-0.1, -0.05) is 5.16 Å². The molecule has 1 aromatic heterocycles. The number of aromatic nitrogens is 1. The van der Waals surface area contributed by atoms with E-state index in [1.807, 2.05) is 0 Å². The number of fused-ring (bicyclic) bond motifs is 1. The molecule has 120 valence electrons. The fourth-order valence-corrected chi connectivity index (χ4v) is 3.24.